The van der Waals surface area contributed by atoms with Crippen molar-refractivity contribution in [2.45, 2.75) is 50.0 Å². The molecule has 10 nitrogen and oxygen atoms in total. The van der Waals surface area contributed by atoms with Gasteiger partial charge in [0.1, 0.15) is 24.2 Å². The molecule has 0 bridgehead atoms. The van der Waals surface area contributed by atoms with E-state index < -0.39 is 22.2 Å². The summed E-state index contributed by atoms with van der Waals surface area (Å²) >= 11 is 0. The van der Waals surface area contributed by atoms with Gasteiger partial charge in [0.15, 0.2) is 0 Å². The standard InChI is InChI=1S/C30H40N4O6S/c1-2-3-4-5-20-34(30(31)37)25-10-16-29(17-11-25)41(38,39)33-24-8-6-23(7-9-24)18-19-32-21-27(36)22-40-28-14-12-26(35)13-15-28/h6-17,27,32-33,35-36H,2-5,18-22H2,1H3,(H2,31,37)/t27-/m0/s1. The first-order valence-corrected chi connectivity index (χ1v) is 15.3. The molecule has 0 aromatic heterocycles. The van der Waals surface area contributed by atoms with E-state index in [0.29, 0.717) is 43.2 Å². The number of nitrogens with zero attached hydrogens (tertiary/aromatic N) is 1. The predicted molar refractivity (Wildman–Crippen MR) is 161 cm³/mol. The number of urea groups is 1. The first-order chi connectivity index (χ1) is 19.7. The molecule has 41 heavy (non-hydrogen) atoms. The molecule has 222 valence electrons. The van der Waals surface area contributed by atoms with E-state index in [2.05, 4.69) is 17.0 Å². The maximum absolute atomic E-state index is 12.9. The third kappa shape index (κ3) is 10.6. The third-order valence-electron chi connectivity index (χ3n) is 6.42. The van der Waals surface area contributed by atoms with Crippen LogP contribution in [-0.2, 0) is 16.4 Å². The number of carbonyl (C=O) groups is 1. The number of ether oxygens (including phenoxy) is 1. The Balaban J connectivity index is 1.44. The molecule has 6 N–H and O–H groups in total. The molecule has 0 aliphatic heterocycles. The van der Waals surface area contributed by atoms with Crippen molar-refractivity contribution >= 4 is 27.4 Å². The number of aliphatic hydroxyl groups excluding tert-OH is 1. The molecule has 0 radical (unpaired) electrons. The SMILES string of the molecule is CCCCCCN(C(N)=O)c1ccc(S(=O)(=O)Nc2ccc(CCNC[C@H](O)COc3ccc(O)cc3)cc2)cc1. The minimum absolute atomic E-state index is 0.0814. The van der Waals surface area contributed by atoms with Crippen molar-refractivity contribution in [3.63, 3.8) is 0 Å². The number of aromatic hydroxyl groups is 1. The number of nitrogens with two attached hydrogens (primary N) is 1. The second-order valence-electron chi connectivity index (χ2n) is 9.76. The molecule has 0 saturated heterocycles. The fourth-order valence-electron chi connectivity index (χ4n) is 4.12. The van der Waals surface area contributed by atoms with Gasteiger partial charge in [-0.1, -0.05) is 38.3 Å². The molecule has 3 rings (SSSR count). The molecular formula is C30H40N4O6S. The number of hydrogen-bond acceptors (Lipinski definition) is 7. The number of benzene rings is 3. The number of aliphatic hydroxyl groups is 1. The van der Waals surface area contributed by atoms with Crippen LogP contribution in [-0.4, -0.2) is 57.0 Å². The summed E-state index contributed by atoms with van der Waals surface area (Å²) in [6, 6.07) is 18.9. The summed E-state index contributed by atoms with van der Waals surface area (Å²) in [5.41, 5.74) is 7.54. The van der Waals surface area contributed by atoms with Crippen LogP contribution >= 0.6 is 0 Å². The van der Waals surface area contributed by atoms with Crippen molar-refractivity contribution in [3.8, 4) is 11.5 Å². The molecule has 3 aromatic carbocycles. The fourth-order valence-corrected chi connectivity index (χ4v) is 5.18. The van der Waals surface area contributed by atoms with E-state index in [1.54, 1.807) is 36.4 Å². The number of anilines is 2. The molecule has 0 aliphatic rings. The Bertz CT molecular complexity index is 1320. The van der Waals surface area contributed by atoms with Crippen LogP contribution < -0.4 is 25.4 Å². The van der Waals surface area contributed by atoms with Gasteiger partial charge in [0.2, 0.25) is 0 Å². The van der Waals surface area contributed by atoms with Crippen molar-refractivity contribution in [2.75, 3.05) is 35.9 Å². The molecule has 0 unspecified atom stereocenters. The smallest absolute Gasteiger partial charge is 0.319 e. The van der Waals surface area contributed by atoms with Gasteiger partial charge in [-0.15, -0.1) is 0 Å². The molecule has 11 heteroatoms. The zero-order chi connectivity index (χ0) is 29.7. The Kier molecular flexibility index (Phi) is 12.3. The topological polar surface area (TPSA) is 154 Å². The van der Waals surface area contributed by atoms with E-state index in [-0.39, 0.29) is 17.3 Å². The fraction of sp³-hybridized carbons (Fsp3) is 0.367. The Morgan fingerprint density at radius 2 is 1.66 bits per heavy atom. The largest absolute Gasteiger partial charge is 0.508 e. The molecule has 2 amide bonds. The van der Waals surface area contributed by atoms with Crippen molar-refractivity contribution in [1.29, 1.82) is 0 Å². The van der Waals surface area contributed by atoms with Gasteiger partial charge in [-0.3, -0.25) is 9.62 Å². The molecular weight excluding hydrogens is 544 g/mol. The van der Waals surface area contributed by atoms with Crippen LogP contribution in [0.15, 0.2) is 77.7 Å². The highest BCUT2D eigenvalue weighted by atomic mass is 32.2. The van der Waals surface area contributed by atoms with Gasteiger partial charge in [-0.2, -0.15) is 0 Å². The third-order valence-corrected chi connectivity index (χ3v) is 7.81. The summed E-state index contributed by atoms with van der Waals surface area (Å²) in [5.74, 6) is 0.718. The van der Waals surface area contributed by atoms with Crippen LogP contribution in [0.5, 0.6) is 11.5 Å². The molecule has 0 aliphatic carbocycles. The lowest BCUT2D eigenvalue weighted by molar-refractivity contribution is 0.106. The second kappa shape index (κ2) is 15.8. The van der Waals surface area contributed by atoms with Crippen LogP contribution in [0.2, 0.25) is 0 Å². The average Bonchev–Trinajstić information content (AvgIpc) is 2.95. The van der Waals surface area contributed by atoms with Gasteiger partial charge in [0.05, 0.1) is 4.90 Å². The predicted octanol–water partition coefficient (Wildman–Crippen LogP) is 4.23. The summed E-state index contributed by atoms with van der Waals surface area (Å²) < 4.78 is 33.9. The lowest BCUT2D eigenvalue weighted by Crippen LogP contribution is -2.36. The monoisotopic (exact) mass is 584 g/mol. The Labute approximate surface area is 242 Å². The van der Waals surface area contributed by atoms with Gasteiger partial charge in [-0.05, 0) is 85.6 Å². The number of unbranched alkanes of at least 4 members (excludes halogenated alkanes) is 3. The number of sulfonamides is 1. The highest BCUT2D eigenvalue weighted by Crippen LogP contribution is 2.22. The molecule has 0 saturated carbocycles. The number of amides is 2. The van der Waals surface area contributed by atoms with E-state index in [0.717, 1.165) is 31.2 Å². The van der Waals surface area contributed by atoms with Crippen molar-refractivity contribution in [2.24, 2.45) is 5.73 Å². The molecule has 0 spiro atoms. The summed E-state index contributed by atoms with van der Waals surface area (Å²) in [6.07, 6.45) is 3.98. The van der Waals surface area contributed by atoms with Crippen molar-refractivity contribution in [3.05, 3.63) is 78.4 Å². The van der Waals surface area contributed by atoms with Crippen molar-refractivity contribution in [1.82, 2.24) is 5.32 Å². The van der Waals surface area contributed by atoms with E-state index in [9.17, 15) is 23.4 Å². The Morgan fingerprint density at radius 3 is 2.29 bits per heavy atom. The maximum atomic E-state index is 12.9. The summed E-state index contributed by atoms with van der Waals surface area (Å²) in [5, 5.41) is 22.6. The van der Waals surface area contributed by atoms with E-state index >= 15 is 0 Å². The lowest BCUT2D eigenvalue weighted by atomic mass is 10.1. The number of rotatable bonds is 17. The summed E-state index contributed by atoms with van der Waals surface area (Å²) in [6.45, 7) is 3.69. The van der Waals surface area contributed by atoms with Gasteiger partial charge in [-0.25, -0.2) is 13.2 Å². The number of carbonyl (C=O) groups excluding carboxylic acids is 1. The first-order valence-electron chi connectivity index (χ1n) is 13.8. The highest BCUT2D eigenvalue weighted by Gasteiger charge is 2.17. The van der Waals surface area contributed by atoms with Gasteiger partial charge >= 0.3 is 6.03 Å². The van der Waals surface area contributed by atoms with Crippen LogP contribution in [0.4, 0.5) is 16.2 Å². The zero-order valence-corrected chi connectivity index (χ0v) is 24.1. The highest BCUT2D eigenvalue weighted by molar-refractivity contribution is 7.92. The minimum atomic E-state index is -3.82. The normalized spacial score (nSPS) is 12.0. The number of primary amides is 1. The molecule has 0 fully saturated rings. The molecule has 1 atom stereocenters. The number of phenols is 1. The van der Waals surface area contributed by atoms with Gasteiger partial charge in [0.25, 0.3) is 10.0 Å². The Hall–Kier alpha value is -3.80. The summed E-state index contributed by atoms with van der Waals surface area (Å²) in [7, 11) is -3.82. The van der Waals surface area contributed by atoms with Crippen LogP contribution in [0.1, 0.15) is 38.2 Å². The van der Waals surface area contributed by atoms with Crippen molar-refractivity contribution < 1.29 is 28.2 Å². The quantitative estimate of drug-likeness (QED) is 0.149. The van der Waals surface area contributed by atoms with E-state index in [1.807, 2.05) is 12.1 Å². The summed E-state index contributed by atoms with van der Waals surface area (Å²) in [4.78, 5) is 13.4. The molecule has 3 aromatic rings. The second-order valence-corrected chi connectivity index (χ2v) is 11.4. The molecule has 0 heterocycles. The van der Waals surface area contributed by atoms with Crippen LogP contribution in [0, 0.1) is 0 Å². The first kappa shape index (κ1) is 31.7. The van der Waals surface area contributed by atoms with Crippen LogP contribution in [0.25, 0.3) is 0 Å². The van der Waals surface area contributed by atoms with E-state index in [1.165, 1.54) is 29.2 Å². The number of nitrogens with one attached hydrogen (secondary N) is 2. The minimum Gasteiger partial charge on any atom is -0.508 e. The van der Waals surface area contributed by atoms with Gasteiger partial charge in [0, 0.05) is 24.5 Å². The zero-order valence-electron chi connectivity index (χ0n) is 23.3. The number of phenolic OH excluding ortho intramolecular Hbond substituents is 1. The van der Waals surface area contributed by atoms with Crippen LogP contribution in [0.3, 0.4) is 0 Å². The van der Waals surface area contributed by atoms with E-state index in [4.69, 9.17) is 10.5 Å². The van der Waals surface area contributed by atoms with Gasteiger partial charge < -0.3 is 26.0 Å². The number of hydrogen-bond donors (Lipinski definition) is 5. The average molecular weight is 585 g/mol. The lowest BCUT2D eigenvalue weighted by Gasteiger charge is -2.21. The maximum Gasteiger partial charge on any atom is 0.319 e. The Morgan fingerprint density at radius 1 is 0.976 bits per heavy atom.